The van der Waals surface area contributed by atoms with Crippen LogP contribution in [0, 0.1) is 0 Å². The lowest BCUT2D eigenvalue weighted by Crippen LogP contribution is -2.49. The fourth-order valence-electron chi connectivity index (χ4n) is 4.50. The monoisotopic (exact) mass is 471 g/mol. The van der Waals surface area contributed by atoms with Crippen molar-refractivity contribution in [2.24, 2.45) is 0 Å². The van der Waals surface area contributed by atoms with Crippen LogP contribution in [0.2, 0.25) is 0 Å². The van der Waals surface area contributed by atoms with E-state index in [1.807, 2.05) is 48.5 Å². The van der Waals surface area contributed by atoms with Gasteiger partial charge >= 0.3 is 5.63 Å². The molecule has 0 atom stereocenters. The van der Waals surface area contributed by atoms with Gasteiger partial charge in [-0.2, -0.15) is 0 Å². The Morgan fingerprint density at radius 2 is 1.82 bits per heavy atom. The van der Waals surface area contributed by atoms with E-state index in [0.29, 0.717) is 31.8 Å². The number of hydrogen-bond donors (Lipinski definition) is 0. The number of benzene rings is 3. The largest absolute Gasteiger partial charge is 0.494 e. The maximum Gasteiger partial charge on any atom is 0.349 e. The molecule has 0 spiro atoms. The summed E-state index contributed by atoms with van der Waals surface area (Å²) in [5.41, 5.74) is 0.802. The highest BCUT2D eigenvalue weighted by Crippen LogP contribution is 2.34. The summed E-state index contributed by atoms with van der Waals surface area (Å²) in [5.74, 6) is 0.457. The van der Waals surface area contributed by atoms with Gasteiger partial charge in [-0.05, 0) is 35.0 Å². The van der Waals surface area contributed by atoms with Crippen LogP contribution in [0.3, 0.4) is 0 Å². The molecule has 3 aromatic carbocycles. The average Bonchev–Trinajstić information content (AvgIpc) is 3.32. The second-order valence-corrected chi connectivity index (χ2v) is 9.24. The van der Waals surface area contributed by atoms with Crippen molar-refractivity contribution in [3.05, 3.63) is 76.6 Å². The Hall–Kier alpha value is -3.91. The molecule has 1 aliphatic heterocycles. The van der Waals surface area contributed by atoms with Crippen molar-refractivity contribution in [2.45, 2.75) is 0 Å². The molecule has 0 unspecified atom stereocenters. The molecule has 2 aromatic heterocycles. The molecule has 5 aromatic rings. The van der Waals surface area contributed by atoms with Crippen molar-refractivity contribution in [3.8, 4) is 5.75 Å². The molecule has 6 rings (SSSR count). The Bertz CT molecular complexity index is 1620. The van der Waals surface area contributed by atoms with Crippen molar-refractivity contribution < 1.29 is 13.9 Å². The number of fused-ring (bicyclic) bond motifs is 4. The summed E-state index contributed by atoms with van der Waals surface area (Å²) >= 11 is 1.61. The third kappa shape index (κ3) is 3.38. The lowest BCUT2D eigenvalue weighted by atomic mass is 10.0. The lowest BCUT2D eigenvalue weighted by molar-refractivity contribution is 0.0742. The number of piperazine rings is 1. The number of carbonyl (C=O) groups is 1. The van der Waals surface area contributed by atoms with Crippen LogP contribution in [0.25, 0.3) is 32.0 Å². The molecule has 1 fully saturated rings. The molecular weight excluding hydrogens is 450 g/mol. The number of methoxy groups -OCH3 is 1. The van der Waals surface area contributed by atoms with Gasteiger partial charge in [-0.25, -0.2) is 9.78 Å². The maximum atomic E-state index is 13.3. The van der Waals surface area contributed by atoms with Crippen molar-refractivity contribution in [1.82, 2.24) is 9.88 Å². The number of carbonyl (C=O) groups excluding carboxylic acids is 1. The smallest absolute Gasteiger partial charge is 0.349 e. The zero-order valence-electron chi connectivity index (χ0n) is 18.5. The first-order valence-corrected chi connectivity index (χ1v) is 11.9. The van der Waals surface area contributed by atoms with E-state index in [2.05, 4.69) is 4.90 Å². The second kappa shape index (κ2) is 8.14. The van der Waals surface area contributed by atoms with Gasteiger partial charge in [0.1, 0.15) is 22.4 Å². The first-order valence-electron chi connectivity index (χ1n) is 11.1. The summed E-state index contributed by atoms with van der Waals surface area (Å²) < 4.78 is 12.0. The third-order valence-electron chi connectivity index (χ3n) is 6.30. The zero-order chi connectivity index (χ0) is 23.2. The van der Waals surface area contributed by atoms with Crippen LogP contribution in [0.4, 0.5) is 5.13 Å². The molecule has 0 aliphatic carbocycles. The van der Waals surface area contributed by atoms with Crippen molar-refractivity contribution in [3.63, 3.8) is 0 Å². The second-order valence-electron chi connectivity index (χ2n) is 8.23. The first kappa shape index (κ1) is 20.7. The van der Waals surface area contributed by atoms with E-state index >= 15 is 0 Å². The van der Waals surface area contributed by atoms with Crippen LogP contribution in [0.15, 0.2) is 69.9 Å². The molecular formula is C26H21N3O4S. The number of para-hydroxylation sites is 1. The molecule has 8 heteroatoms. The minimum atomic E-state index is -0.603. The van der Waals surface area contributed by atoms with Gasteiger partial charge in [0, 0.05) is 31.6 Å². The molecule has 0 saturated carbocycles. The SMILES string of the molecule is COc1cccc2sc(N3CCN(C(=O)c4cc5c(ccc6ccccc65)oc4=O)CC3)nc12. The molecule has 34 heavy (non-hydrogen) atoms. The number of thiazole rings is 1. The number of anilines is 1. The summed E-state index contributed by atoms with van der Waals surface area (Å²) in [7, 11) is 1.64. The Morgan fingerprint density at radius 3 is 2.65 bits per heavy atom. The lowest BCUT2D eigenvalue weighted by Gasteiger charge is -2.34. The van der Waals surface area contributed by atoms with Crippen molar-refractivity contribution in [1.29, 1.82) is 0 Å². The molecule has 0 N–H and O–H groups in total. The molecule has 0 radical (unpaired) electrons. The minimum Gasteiger partial charge on any atom is -0.494 e. The zero-order valence-corrected chi connectivity index (χ0v) is 19.3. The van der Waals surface area contributed by atoms with E-state index in [4.69, 9.17) is 14.1 Å². The number of ether oxygens (including phenoxy) is 1. The van der Waals surface area contributed by atoms with Gasteiger partial charge in [-0.3, -0.25) is 4.79 Å². The third-order valence-corrected chi connectivity index (χ3v) is 7.38. The summed E-state index contributed by atoms with van der Waals surface area (Å²) in [6, 6.07) is 19.1. The quantitative estimate of drug-likeness (QED) is 0.284. The molecule has 1 saturated heterocycles. The summed E-state index contributed by atoms with van der Waals surface area (Å²) in [4.78, 5) is 34.6. The Morgan fingerprint density at radius 1 is 1.00 bits per heavy atom. The molecule has 1 amide bonds. The molecule has 170 valence electrons. The number of hydrogen-bond acceptors (Lipinski definition) is 7. The molecule has 1 aliphatic rings. The summed E-state index contributed by atoms with van der Waals surface area (Å²) in [6.07, 6.45) is 0. The van der Waals surface area contributed by atoms with Crippen LogP contribution in [-0.4, -0.2) is 49.1 Å². The van der Waals surface area contributed by atoms with E-state index in [0.717, 1.165) is 37.3 Å². The maximum absolute atomic E-state index is 13.3. The van der Waals surface area contributed by atoms with Gasteiger partial charge in [-0.15, -0.1) is 0 Å². The summed E-state index contributed by atoms with van der Waals surface area (Å²) in [5, 5.41) is 3.66. The van der Waals surface area contributed by atoms with E-state index in [1.54, 1.807) is 35.5 Å². The molecule has 3 heterocycles. The van der Waals surface area contributed by atoms with Crippen LogP contribution >= 0.6 is 11.3 Å². The number of aromatic nitrogens is 1. The van der Waals surface area contributed by atoms with E-state index in [1.165, 1.54) is 0 Å². The Labute approximate surface area is 198 Å². The highest BCUT2D eigenvalue weighted by atomic mass is 32.1. The average molecular weight is 472 g/mol. The van der Waals surface area contributed by atoms with Crippen molar-refractivity contribution in [2.75, 3.05) is 38.2 Å². The fourth-order valence-corrected chi connectivity index (χ4v) is 5.54. The molecule has 7 nitrogen and oxygen atoms in total. The van der Waals surface area contributed by atoms with Gasteiger partial charge in [0.05, 0.1) is 11.8 Å². The van der Waals surface area contributed by atoms with E-state index in [9.17, 15) is 9.59 Å². The fraction of sp³-hybridized carbons (Fsp3) is 0.192. The van der Waals surface area contributed by atoms with Crippen molar-refractivity contribution >= 4 is 54.3 Å². The van der Waals surface area contributed by atoms with Crippen LogP contribution < -0.4 is 15.3 Å². The highest BCUT2D eigenvalue weighted by molar-refractivity contribution is 7.22. The highest BCUT2D eigenvalue weighted by Gasteiger charge is 2.26. The summed E-state index contributed by atoms with van der Waals surface area (Å²) in [6.45, 7) is 2.27. The van der Waals surface area contributed by atoms with Crippen LogP contribution in [-0.2, 0) is 0 Å². The van der Waals surface area contributed by atoms with Gasteiger partial charge in [-0.1, -0.05) is 47.7 Å². The number of rotatable bonds is 3. The predicted octanol–water partition coefficient (Wildman–Crippen LogP) is 4.53. The topological polar surface area (TPSA) is 75.9 Å². The van der Waals surface area contributed by atoms with Gasteiger partial charge in [0.25, 0.3) is 5.91 Å². The van der Waals surface area contributed by atoms with E-state index < -0.39 is 5.63 Å². The predicted molar refractivity (Wildman–Crippen MR) is 134 cm³/mol. The minimum absolute atomic E-state index is 0.0713. The Kier molecular flexibility index (Phi) is 4.95. The van der Waals surface area contributed by atoms with Crippen LogP contribution in [0.1, 0.15) is 10.4 Å². The van der Waals surface area contributed by atoms with E-state index in [-0.39, 0.29) is 11.5 Å². The molecule has 0 bridgehead atoms. The number of nitrogens with zero attached hydrogens (tertiary/aromatic N) is 3. The van der Waals surface area contributed by atoms with Gasteiger partial charge in [0.15, 0.2) is 5.13 Å². The Balaban J connectivity index is 1.26. The van der Waals surface area contributed by atoms with Crippen LogP contribution in [0.5, 0.6) is 5.75 Å². The number of amides is 1. The van der Waals surface area contributed by atoms with Gasteiger partial charge < -0.3 is 19.0 Å². The standard InChI is InChI=1S/C26H21N3O4S/c1-32-21-7-4-8-22-23(21)27-26(34-22)29-13-11-28(12-14-29)24(30)19-15-18-17-6-3-2-5-16(17)9-10-20(18)33-25(19)31/h2-10,15H,11-14H2,1H3. The normalized spacial score (nSPS) is 14.3. The first-order chi connectivity index (χ1) is 16.6. The van der Waals surface area contributed by atoms with Gasteiger partial charge in [0.2, 0.25) is 0 Å².